The van der Waals surface area contributed by atoms with E-state index in [0.29, 0.717) is 13.0 Å². The van der Waals surface area contributed by atoms with Gasteiger partial charge >= 0.3 is 0 Å². The molecule has 1 heterocycles. The third kappa shape index (κ3) is 3.90. The zero-order valence-corrected chi connectivity index (χ0v) is 7.81. The quantitative estimate of drug-likeness (QED) is 0.622. The molecule has 0 aliphatic carbocycles. The highest BCUT2D eigenvalue weighted by Crippen LogP contribution is 2.01. The second-order valence-corrected chi connectivity index (χ2v) is 3.09. The van der Waals surface area contributed by atoms with Crippen LogP contribution in [0.15, 0.2) is 24.3 Å². The van der Waals surface area contributed by atoms with Gasteiger partial charge in [0.05, 0.1) is 0 Å². The Kier molecular flexibility index (Phi) is 4.26. The Hall–Kier alpha value is -1.09. The van der Waals surface area contributed by atoms with E-state index in [1.54, 1.807) is 6.08 Å². The van der Waals surface area contributed by atoms with Crippen molar-refractivity contribution in [2.75, 3.05) is 19.6 Å². The summed E-state index contributed by atoms with van der Waals surface area (Å²) >= 11 is 0. The van der Waals surface area contributed by atoms with E-state index >= 15 is 0 Å². The zero-order valence-electron chi connectivity index (χ0n) is 7.81. The molecule has 0 saturated heterocycles. The molecule has 1 aliphatic rings. The van der Waals surface area contributed by atoms with Crippen LogP contribution in [-0.2, 0) is 4.79 Å². The lowest BCUT2D eigenvalue weighted by molar-refractivity contribution is -0.120. The third-order valence-corrected chi connectivity index (χ3v) is 2.00. The summed E-state index contributed by atoms with van der Waals surface area (Å²) in [7, 11) is 0. The van der Waals surface area contributed by atoms with Gasteiger partial charge in [-0.3, -0.25) is 4.79 Å². The summed E-state index contributed by atoms with van der Waals surface area (Å²) in [6.07, 6.45) is 5.20. The molecule has 72 valence electrons. The van der Waals surface area contributed by atoms with Gasteiger partial charge in [0, 0.05) is 19.5 Å². The molecular formula is C10H16N2O. The van der Waals surface area contributed by atoms with Crippen LogP contribution >= 0.6 is 0 Å². The molecule has 0 fully saturated rings. The predicted octanol–water partition coefficient (Wildman–Crippen LogP) is 0.598. The van der Waals surface area contributed by atoms with Gasteiger partial charge in [-0.1, -0.05) is 17.7 Å². The van der Waals surface area contributed by atoms with E-state index in [1.165, 1.54) is 5.57 Å². The van der Waals surface area contributed by atoms with Crippen LogP contribution in [0.4, 0.5) is 0 Å². The lowest BCUT2D eigenvalue weighted by Crippen LogP contribution is -2.29. The van der Waals surface area contributed by atoms with E-state index in [1.807, 2.05) is 0 Å². The lowest BCUT2D eigenvalue weighted by Gasteiger charge is -2.14. The van der Waals surface area contributed by atoms with E-state index in [2.05, 4.69) is 23.3 Å². The van der Waals surface area contributed by atoms with Crippen LogP contribution in [0.5, 0.6) is 0 Å². The highest BCUT2D eigenvalue weighted by molar-refractivity contribution is 5.77. The first-order valence-electron chi connectivity index (χ1n) is 4.59. The summed E-state index contributed by atoms with van der Waals surface area (Å²) in [4.78, 5) is 11.1. The second kappa shape index (κ2) is 5.54. The first kappa shape index (κ1) is 9.99. The fourth-order valence-corrected chi connectivity index (χ4v) is 1.25. The largest absolute Gasteiger partial charge is 0.352 e. The highest BCUT2D eigenvalue weighted by Gasteiger charge is 2.03. The molecule has 0 saturated carbocycles. The lowest BCUT2D eigenvalue weighted by atomic mass is 10.1. The van der Waals surface area contributed by atoms with E-state index in [4.69, 9.17) is 0 Å². The van der Waals surface area contributed by atoms with Crippen molar-refractivity contribution in [1.29, 1.82) is 0 Å². The smallest absolute Gasteiger partial charge is 0.224 e. The van der Waals surface area contributed by atoms with E-state index in [9.17, 15) is 4.79 Å². The van der Waals surface area contributed by atoms with E-state index in [-0.39, 0.29) is 5.91 Å². The first-order chi connectivity index (χ1) is 6.33. The van der Waals surface area contributed by atoms with Crippen molar-refractivity contribution in [3.05, 3.63) is 24.3 Å². The summed E-state index contributed by atoms with van der Waals surface area (Å²) in [5.41, 5.74) is 1.32. The predicted molar refractivity (Wildman–Crippen MR) is 53.4 cm³/mol. The standard InChI is InChI=1S/C10H16N2O/c1-2-3-10(13)12-8-9-4-6-11-7-5-9/h2,4,11H,1,3,5-8H2,(H,12,13). The van der Waals surface area contributed by atoms with Crippen LogP contribution in [0.2, 0.25) is 0 Å². The van der Waals surface area contributed by atoms with Gasteiger partial charge in [0.2, 0.25) is 5.91 Å². The molecule has 0 unspecified atom stereocenters. The van der Waals surface area contributed by atoms with Gasteiger partial charge in [-0.15, -0.1) is 6.58 Å². The Bertz CT molecular complexity index is 221. The van der Waals surface area contributed by atoms with Gasteiger partial charge in [-0.25, -0.2) is 0 Å². The van der Waals surface area contributed by atoms with E-state index in [0.717, 1.165) is 19.5 Å². The Morgan fingerprint density at radius 3 is 3.23 bits per heavy atom. The minimum absolute atomic E-state index is 0.0504. The minimum Gasteiger partial charge on any atom is -0.352 e. The maximum absolute atomic E-state index is 11.1. The number of nitrogens with one attached hydrogen (secondary N) is 2. The van der Waals surface area contributed by atoms with Crippen LogP contribution in [-0.4, -0.2) is 25.5 Å². The van der Waals surface area contributed by atoms with Gasteiger partial charge in [0.1, 0.15) is 0 Å². The van der Waals surface area contributed by atoms with Gasteiger partial charge in [0.25, 0.3) is 0 Å². The third-order valence-electron chi connectivity index (χ3n) is 2.00. The number of amides is 1. The van der Waals surface area contributed by atoms with Crippen LogP contribution in [0, 0.1) is 0 Å². The summed E-state index contributed by atoms with van der Waals surface area (Å²) < 4.78 is 0. The molecule has 13 heavy (non-hydrogen) atoms. The normalized spacial score (nSPS) is 16.2. The first-order valence-corrected chi connectivity index (χ1v) is 4.59. The van der Waals surface area contributed by atoms with Crippen molar-refractivity contribution in [3.8, 4) is 0 Å². The molecule has 0 aromatic heterocycles. The summed E-state index contributed by atoms with van der Waals surface area (Å²) in [5, 5.41) is 6.07. The summed E-state index contributed by atoms with van der Waals surface area (Å²) in [6.45, 7) is 6.14. The fourth-order valence-electron chi connectivity index (χ4n) is 1.25. The minimum atomic E-state index is 0.0504. The Labute approximate surface area is 78.9 Å². The molecule has 0 radical (unpaired) electrons. The van der Waals surface area contributed by atoms with Crippen molar-refractivity contribution in [1.82, 2.24) is 10.6 Å². The van der Waals surface area contributed by atoms with Crippen molar-refractivity contribution in [2.45, 2.75) is 12.8 Å². The number of rotatable bonds is 4. The number of hydrogen-bond donors (Lipinski definition) is 2. The Morgan fingerprint density at radius 2 is 2.62 bits per heavy atom. The molecule has 0 aromatic rings. The zero-order chi connectivity index (χ0) is 9.52. The van der Waals surface area contributed by atoms with Gasteiger partial charge < -0.3 is 10.6 Å². The van der Waals surface area contributed by atoms with E-state index < -0.39 is 0 Å². The maximum atomic E-state index is 11.1. The van der Waals surface area contributed by atoms with Gasteiger partial charge in [-0.05, 0) is 13.0 Å². The van der Waals surface area contributed by atoms with Crippen molar-refractivity contribution < 1.29 is 4.79 Å². The molecule has 3 heteroatoms. The molecule has 0 aromatic carbocycles. The molecule has 1 rings (SSSR count). The molecule has 0 atom stereocenters. The molecule has 3 nitrogen and oxygen atoms in total. The monoisotopic (exact) mass is 180 g/mol. The van der Waals surface area contributed by atoms with Gasteiger partial charge in [-0.2, -0.15) is 0 Å². The maximum Gasteiger partial charge on any atom is 0.224 e. The summed E-state index contributed by atoms with van der Waals surface area (Å²) in [6, 6.07) is 0. The van der Waals surface area contributed by atoms with Crippen molar-refractivity contribution >= 4 is 5.91 Å². The highest BCUT2D eigenvalue weighted by atomic mass is 16.1. The number of carbonyl (C=O) groups excluding carboxylic acids is 1. The van der Waals surface area contributed by atoms with Crippen molar-refractivity contribution in [2.24, 2.45) is 0 Å². The fraction of sp³-hybridized carbons (Fsp3) is 0.500. The Balaban J connectivity index is 2.21. The SMILES string of the molecule is C=CCC(=O)NCC1=CCNCC1. The second-order valence-electron chi connectivity index (χ2n) is 3.09. The van der Waals surface area contributed by atoms with Crippen LogP contribution in [0.25, 0.3) is 0 Å². The van der Waals surface area contributed by atoms with Crippen LogP contribution < -0.4 is 10.6 Å². The molecule has 1 aliphatic heterocycles. The van der Waals surface area contributed by atoms with Crippen LogP contribution in [0.3, 0.4) is 0 Å². The average molecular weight is 180 g/mol. The molecule has 0 bridgehead atoms. The topological polar surface area (TPSA) is 41.1 Å². The average Bonchev–Trinajstić information content (AvgIpc) is 2.17. The Morgan fingerprint density at radius 1 is 1.77 bits per heavy atom. The molecule has 0 spiro atoms. The number of carbonyl (C=O) groups is 1. The van der Waals surface area contributed by atoms with Crippen LogP contribution in [0.1, 0.15) is 12.8 Å². The molecular weight excluding hydrogens is 164 g/mol. The summed E-state index contributed by atoms with van der Waals surface area (Å²) in [5.74, 6) is 0.0504. The number of hydrogen-bond acceptors (Lipinski definition) is 2. The van der Waals surface area contributed by atoms with Crippen molar-refractivity contribution in [3.63, 3.8) is 0 Å². The molecule has 2 N–H and O–H groups in total. The van der Waals surface area contributed by atoms with Gasteiger partial charge in [0.15, 0.2) is 0 Å². The molecule has 1 amide bonds.